The molecule has 3 rings (SSSR count). The first kappa shape index (κ1) is 15.2. The van der Waals surface area contributed by atoms with Crippen molar-refractivity contribution in [1.29, 1.82) is 0 Å². The highest BCUT2D eigenvalue weighted by Gasteiger charge is 2.20. The van der Waals surface area contributed by atoms with Gasteiger partial charge in [0.2, 0.25) is 5.88 Å². The van der Waals surface area contributed by atoms with Gasteiger partial charge in [-0.1, -0.05) is 6.07 Å². The van der Waals surface area contributed by atoms with Crippen LogP contribution in [-0.2, 0) is 0 Å². The second-order valence-corrected chi connectivity index (χ2v) is 5.85. The highest BCUT2D eigenvalue weighted by molar-refractivity contribution is 7.20. The van der Waals surface area contributed by atoms with E-state index < -0.39 is 0 Å². The highest BCUT2D eigenvalue weighted by atomic mass is 32.1. The van der Waals surface area contributed by atoms with Crippen LogP contribution in [0.3, 0.4) is 0 Å². The number of aromatic hydroxyl groups is 1. The molecule has 0 fully saturated rings. The molecule has 2 N–H and O–H groups in total. The average molecular weight is 329 g/mol. The lowest BCUT2D eigenvalue weighted by Crippen LogP contribution is -2.11. The number of rotatable bonds is 4. The number of benzene rings is 1. The van der Waals surface area contributed by atoms with Crippen LogP contribution in [0.2, 0.25) is 0 Å². The van der Waals surface area contributed by atoms with Crippen LogP contribution in [0.1, 0.15) is 22.2 Å². The minimum absolute atomic E-state index is 0.0976. The van der Waals surface area contributed by atoms with Gasteiger partial charge in [0.15, 0.2) is 0 Å². The summed E-state index contributed by atoms with van der Waals surface area (Å²) in [6, 6.07) is 6.42. The number of carbonyl (C=O) groups excluding carboxylic acids is 1. The minimum Gasteiger partial charge on any atom is -0.508 e. The van der Waals surface area contributed by atoms with Crippen LogP contribution in [0.15, 0.2) is 30.6 Å². The van der Waals surface area contributed by atoms with Crippen LogP contribution < -0.4 is 10.1 Å². The molecule has 0 unspecified atom stereocenters. The number of ether oxygens (including phenoxy) is 1. The fraction of sp³-hybridized carbons (Fsp3) is 0.188. The van der Waals surface area contributed by atoms with E-state index in [2.05, 4.69) is 15.3 Å². The number of carbonyl (C=O) groups is 1. The predicted octanol–water partition coefficient (Wildman–Crippen LogP) is 3.36. The van der Waals surface area contributed by atoms with Gasteiger partial charge in [-0.2, -0.15) is 0 Å². The maximum atomic E-state index is 12.5. The minimum atomic E-state index is -0.251. The lowest BCUT2D eigenvalue weighted by molar-refractivity contribution is 0.103. The topological polar surface area (TPSA) is 84.3 Å². The van der Waals surface area contributed by atoms with E-state index in [0.717, 1.165) is 10.9 Å². The Hall–Kier alpha value is -2.67. The normalized spacial score (nSPS) is 10.7. The van der Waals surface area contributed by atoms with Crippen molar-refractivity contribution < 1.29 is 14.6 Å². The molecule has 0 saturated heterocycles. The van der Waals surface area contributed by atoms with E-state index in [-0.39, 0.29) is 11.7 Å². The Labute approximate surface area is 136 Å². The Bertz CT molecular complexity index is 876. The van der Waals surface area contributed by atoms with E-state index in [1.54, 1.807) is 18.2 Å². The van der Waals surface area contributed by atoms with Crippen LogP contribution in [0.4, 0.5) is 5.69 Å². The summed E-state index contributed by atoms with van der Waals surface area (Å²) in [5.41, 5.74) is 1.31. The van der Waals surface area contributed by atoms with Crippen molar-refractivity contribution in [2.75, 3.05) is 11.9 Å². The molecular formula is C16H15N3O3S. The van der Waals surface area contributed by atoms with Crippen LogP contribution in [0.5, 0.6) is 11.6 Å². The zero-order chi connectivity index (χ0) is 16.4. The second kappa shape index (κ2) is 6.21. The second-order valence-electron chi connectivity index (χ2n) is 4.85. The molecule has 0 bridgehead atoms. The van der Waals surface area contributed by atoms with E-state index in [1.165, 1.54) is 23.7 Å². The van der Waals surface area contributed by atoms with E-state index in [4.69, 9.17) is 4.74 Å². The summed E-state index contributed by atoms with van der Waals surface area (Å²) in [4.78, 5) is 22.1. The molecule has 23 heavy (non-hydrogen) atoms. The molecule has 0 saturated carbocycles. The molecule has 0 aliphatic carbocycles. The Balaban J connectivity index is 1.98. The van der Waals surface area contributed by atoms with Gasteiger partial charge >= 0.3 is 0 Å². The van der Waals surface area contributed by atoms with Crippen molar-refractivity contribution in [3.05, 3.63) is 41.0 Å². The first-order chi connectivity index (χ1) is 11.1. The number of amides is 1. The predicted molar refractivity (Wildman–Crippen MR) is 89.4 cm³/mol. The summed E-state index contributed by atoms with van der Waals surface area (Å²) < 4.78 is 5.52. The van der Waals surface area contributed by atoms with Crippen LogP contribution in [0.25, 0.3) is 10.2 Å². The molecule has 0 aliphatic rings. The van der Waals surface area contributed by atoms with Crippen molar-refractivity contribution in [3.63, 3.8) is 0 Å². The van der Waals surface area contributed by atoms with E-state index in [0.29, 0.717) is 27.9 Å². The molecular weight excluding hydrogens is 314 g/mol. The SMILES string of the molecule is CCOc1ncnc2sc(C(=O)Nc3cccc(O)c3)c(C)c12. The first-order valence-electron chi connectivity index (χ1n) is 7.07. The third-order valence-electron chi connectivity index (χ3n) is 3.28. The molecule has 0 aliphatic heterocycles. The number of thiophene rings is 1. The van der Waals surface area contributed by atoms with Crippen LogP contribution in [-0.4, -0.2) is 27.6 Å². The van der Waals surface area contributed by atoms with Crippen molar-refractivity contribution in [1.82, 2.24) is 9.97 Å². The molecule has 0 spiro atoms. The quantitative estimate of drug-likeness (QED) is 0.767. The van der Waals surface area contributed by atoms with E-state index in [9.17, 15) is 9.90 Å². The maximum absolute atomic E-state index is 12.5. The largest absolute Gasteiger partial charge is 0.508 e. The van der Waals surface area contributed by atoms with Gasteiger partial charge in [-0.15, -0.1) is 11.3 Å². The molecule has 3 aromatic rings. The van der Waals surface area contributed by atoms with Gasteiger partial charge in [0.05, 0.1) is 16.9 Å². The molecule has 2 aromatic heterocycles. The van der Waals surface area contributed by atoms with Crippen molar-refractivity contribution in [2.45, 2.75) is 13.8 Å². The average Bonchev–Trinajstić information content (AvgIpc) is 2.86. The monoisotopic (exact) mass is 329 g/mol. The third kappa shape index (κ3) is 2.95. The van der Waals surface area contributed by atoms with Crippen molar-refractivity contribution in [3.8, 4) is 11.6 Å². The molecule has 0 atom stereocenters. The molecule has 0 radical (unpaired) electrons. The molecule has 7 heteroatoms. The van der Waals surface area contributed by atoms with Crippen molar-refractivity contribution >= 4 is 33.1 Å². The highest BCUT2D eigenvalue weighted by Crippen LogP contribution is 2.34. The first-order valence-corrected chi connectivity index (χ1v) is 7.89. The number of phenolic OH excluding ortho intramolecular Hbond substituents is 1. The van der Waals surface area contributed by atoms with Gasteiger partial charge in [0, 0.05) is 11.8 Å². The number of fused-ring (bicyclic) bond motifs is 1. The summed E-state index contributed by atoms with van der Waals surface area (Å²) in [5.74, 6) is 0.335. The number of phenols is 1. The Kier molecular flexibility index (Phi) is 4.12. The fourth-order valence-corrected chi connectivity index (χ4v) is 3.31. The number of anilines is 1. The summed E-state index contributed by atoms with van der Waals surface area (Å²) in [6.07, 6.45) is 1.43. The van der Waals surface area contributed by atoms with Crippen LogP contribution >= 0.6 is 11.3 Å². The summed E-state index contributed by atoms with van der Waals surface area (Å²) >= 11 is 1.29. The van der Waals surface area contributed by atoms with Gasteiger partial charge in [-0.3, -0.25) is 4.79 Å². The zero-order valence-corrected chi connectivity index (χ0v) is 13.5. The van der Waals surface area contributed by atoms with Crippen molar-refractivity contribution in [2.24, 2.45) is 0 Å². The molecule has 1 amide bonds. The molecule has 1 aromatic carbocycles. The summed E-state index contributed by atoms with van der Waals surface area (Å²) in [5, 5.41) is 13.0. The van der Waals surface area contributed by atoms with Gasteiger partial charge in [0.1, 0.15) is 16.9 Å². The summed E-state index contributed by atoms with van der Waals surface area (Å²) in [7, 11) is 0. The van der Waals surface area contributed by atoms with E-state index in [1.807, 2.05) is 13.8 Å². The number of nitrogens with one attached hydrogen (secondary N) is 1. The number of aromatic nitrogens is 2. The lowest BCUT2D eigenvalue weighted by atomic mass is 10.2. The Morgan fingerprint density at radius 3 is 2.96 bits per heavy atom. The Morgan fingerprint density at radius 2 is 2.22 bits per heavy atom. The van der Waals surface area contributed by atoms with Crippen LogP contribution in [0, 0.1) is 6.92 Å². The molecule has 118 valence electrons. The number of hydrogen-bond acceptors (Lipinski definition) is 6. The summed E-state index contributed by atoms with van der Waals surface area (Å²) in [6.45, 7) is 4.22. The molecule has 2 heterocycles. The maximum Gasteiger partial charge on any atom is 0.266 e. The standard InChI is InChI=1S/C16H15N3O3S/c1-3-22-15-12-9(2)13(23-16(12)18-8-17-15)14(21)19-10-5-4-6-11(20)7-10/h4-8,20H,3H2,1-2H3,(H,19,21). The Morgan fingerprint density at radius 1 is 1.39 bits per heavy atom. The number of hydrogen-bond donors (Lipinski definition) is 2. The smallest absolute Gasteiger partial charge is 0.266 e. The van der Waals surface area contributed by atoms with E-state index >= 15 is 0 Å². The van der Waals surface area contributed by atoms with Gasteiger partial charge < -0.3 is 15.2 Å². The lowest BCUT2D eigenvalue weighted by Gasteiger charge is -2.05. The fourth-order valence-electron chi connectivity index (χ4n) is 2.27. The number of nitrogens with zero attached hydrogens (tertiary/aromatic N) is 2. The number of aryl methyl sites for hydroxylation is 1. The molecule has 6 nitrogen and oxygen atoms in total. The zero-order valence-electron chi connectivity index (χ0n) is 12.7. The third-order valence-corrected chi connectivity index (χ3v) is 4.48. The van der Waals surface area contributed by atoms with Gasteiger partial charge in [-0.05, 0) is 31.5 Å². The van der Waals surface area contributed by atoms with Gasteiger partial charge in [-0.25, -0.2) is 9.97 Å². The van der Waals surface area contributed by atoms with Gasteiger partial charge in [0.25, 0.3) is 5.91 Å².